The molecule has 1 aliphatic heterocycles. The molecule has 0 N–H and O–H groups in total. The molecule has 3 aromatic carbocycles. The van der Waals surface area contributed by atoms with Gasteiger partial charge < -0.3 is 14.2 Å². The van der Waals surface area contributed by atoms with Crippen LogP contribution in [0.15, 0.2) is 144 Å². The normalized spacial score (nSPS) is 24.2. The Labute approximate surface area is 318 Å². The molecule has 0 saturated heterocycles. The molecular formula is C50H56O3. The molecule has 3 nitrogen and oxygen atoms in total. The first kappa shape index (κ1) is 36.6. The first-order chi connectivity index (χ1) is 25.6. The number of fused-ring (bicyclic) bond motifs is 4. The lowest BCUT2D eigenvalue weighted by molar-refractivity contribution is 0.159. The van der Waals surface area contributed by atoms with E-state index in [4.69, 9.17) is 14.2 Å². The zero-order chi connectivity index (χ0) is 37.2. The van der Waals surface area contributed by atoms with Crippen LogP contribution in [0.2, 0.25) is 0 Å². The van der Waals surface area contributed by atoms with Crippen molar-refractivity contribution in [3.63, 3.8) is 0 Å². The van der Waals surface area contributed by atoms with Crippen LogP contribution >= 0.6 is 0 Å². The van der Waals surface area contributed by atoms with Crippen molar-refractivity contribution >= 4 is 6.08 Å². The summed E-state index contributed by atoms with van der Waals surface area (Å²) in [6.45, 7) is 19.6. The lowest BCUT2D eigenvalue weighted by Crippen LogP contribution is -2.45. The molecule has 3 aromatic rings. The number of hydrogen-bond acceptors (Lipinski definition) is 3. The molecule has 3 heteroatoms. The van der Waals surface area contributed by atoms with Crippen molar-refractivity contribution in [2.75, 3.05) is 13.2 Å². The SMILES string of the molecule is C=C1C(C)C2C=CC3=C(CC=CC(OCCCC)=CC12C)C(c1ccc(-c2ccccc2)cc1)c1c(ccc2c1C=CC(OCCCC)=CC2(C)C)O3. The highest BCUT2D eigenvalue weighted by Gasteiger charge is 2.49. The second-order valence-corrected chi connectivity index (χ2v) is 16.0. The smallest absolute Gasteiger partial charge is 0.132 e. The molecule has 0 radical (unpaired) electrons. The lowest BCUT2D eigenvalue weighted by Gasteiger charge is -2.52. The van der Waals surface area contributed by atoms with Crippen molar-refractivity contribution < 1.29 is 14.2 Å². The molecular weight excluding hydrogens is 649 g/mol. The third kappa shape index (κ3) is 7.16. The van der Waals surface area contributed by atoms with Crippen molar-refractivity contribution in [1.29, 1.82) is 0 Å². The topological polar surface area (TPSA) is 27.7 Å². The van der Waals surface area contributed by atoms with Gasteiger partial charge in [0.05, 0.1) is 13.2 Å². The maximum Gasteiger partial charge on any atom is 0.132 e. The molecule has 4 aliphatic rings. The van der Waals surface area contributed by atoms with Gasteiger partial charge in [-0.2, -0.15) is 0 Å². The van der Waals surface area contributed by atoms with Crippen molar-refractivity contribution in [2.45, 2.75) is 85.0 Å². The standard InChI is InChI=1S/C50H56O3/c1-8-10-30-51-39-18-15-19-42-45(28-26-43-34(3)35(4)50(43,7)33-39)53-46-29-27-44-41(25-24-40(32-49(44,5)6)52-31-11-9-2)48(46)47(42)38-22-20-37(21-23-38)36-16-13-12-14-17-36/h12-18,20-29,32-34,43,47H,4,8-11,19,30-31H2,1-3,5-7H3. The van der Waals surface area contributed by atoms with Crippen LogP contribution in [0.4, 0.5) is 0 Å². The van der Waals surface area contributed by atoms with E-state index in [0.717, 1.165) is 61.7 Å². The van der Waals surface area contributed by atoms with Crippen LogP contribution < -0.4 is 4.74 Å². The van der Waals surface area contributed by atoms with Gasteiger partial charge in [-0.05, 0) is 101 Å². The van der Waals surface area contributed by atoms with E-state index in [9.17, 15) is 0 Å². The van der Waals surface area contributed by atoms with Crippen molar-refractivity contribution in [3.8, 4) is 16.9 Å². The van der Waals surface area contributed by atoms with Gasteiger partial charge >= 0.3 is 0 Å². The fourth-order valence-electron chi connectivity index (χ4n) is 8.70. The summed E-state index contributed by atoms with van der Waals surface area (Å²) < 4.78 is 19.8. The van der Waals surface area contributed by atoms with E-state index in [1.54, 1.807) is 0 Å². The molecule has 0 aromatic heterocycles. The lowest BCUT2D eigenvalue weighted by atomic mass is 9.52. The number of hydrogen-bond donors (Lipinski definition) is 0. The summed E-state index contributed by atoms with van der Waals surface area (Å²) in [5, 5.41) is 0. The molecule has 1 heterocycles. The first-order valence-corrected chi connectivity index (χ1v) is 19.8. The van der Waals surface area contributed by atoms with E-state index >= 15 is 0 Å². The second kappa shape index (κ2) is 15.3. The number of allylic oxidation sites excluding steroid dienone is 9. The summed E-state index contributed by atoms with van der Waals surface area (Å²) >= 11 is 0. The second-order valence-electron chi connectivity index (χ2n) is 16.0. The predicted molar refractivity (Wildman–Crippen MR) is 221 cm³/mol. The Morgan fingerprint density at radius 1 is 0.774 bits per heavy atom. The van der Waals surface area contributed by atoms with Gasteiger partial charge in [-0.3, -0.25) is 0 Å². The molecule has 3 aliphatic carbocycles. The molecule has 0 amide bonds. The van der Waals surface area contributed by atoms with Crippen LogP contribution in [0, 0.1) is 17.3 Å². The van der Waals surface area contributed by atoms with Crippen LogP contribution in [-0.2, 0) is 14.9 Å². The van der Waals surface area contributed by atoms with Crippen molar-refractivity contribution in [3.05, 3.63) is 167 Å². The molecule has 1 saturated carbocycles. The number of rotatable bonds is 10. The van der Waals surface area contributed by atoms with E-state index in [2.05, 4.69) is 163 Å². The quantitative estimate of drug-likeness (QED) is 0.155. The van der Waals surface area contributed by atoms with E-state index in [1.807, 2.05) is 0 Å². The van der Waals surface area contributed by atoms with Crippen LogP contribution in [0.25, 0.3) is 17.2 Å². The van der Waals surface area contributed by atoms with Crippen molar-refractivity contribution in [1.82, 2.24) is 0 Å². The monoisotopic (exact) mass is 704 g/mol. The average molecular weight is 705 g/mol. The van der Waals surface area contributed by atoms with Gasteiger partial charge in [-0.15, -0.1) is 0 Å². The summed E-state index contributed by atoms with van der Waals surface area (Å²) in [6, 6.07) is 24.3. The van der Waals surface area contributed by atoms with Gasteiger partial charge in [0.25, 0.3) is 0 Å². The Morgan fingerprint density at radius 2 is 1.45 bits per heavy atom. The molecule has 4 unspecified atom stereocenters. The van der Waals surface area contributed by atoms with Gasteiger partial charge in [0.15, 0.2) is 0 Å². The minimum Gasteiger partial charge on any atom is -0.494 e. The van der Waals surface area contributed by atoms with E-state index in [-0.39, 0.29) is 22.7 Å². The molecule has 1 fully saturated rings. The maximum atomic E-state index is 7.05. The highest BCUT2D eigenvalue weighted by molar-refractivity contribution is 5.72. The van der Waals surface area contributed by atoms with Gasteiger partial charge in [0.1, 0.15) is 23.0 Å². The number of ether oxygens (including phenoxy) is 3. The van der Waals surface area contributed by atoms with E-state index < -0.39 is 0 Å². The molecule has 0 spiro atoms. The van der Waals surface area contributed by atoms with Crippen molar-refractivity contribution in [2.24, 2.45) is 17.3 Å². The van der Waals surface area contributed by atoms with E-state index in [1.165, 1.54) is 44.5 Å². The highest BCUT2D eigenvalue weighted by atomic mass is 16.5. The summed E-state index contributed by atoms with van der Waals surface area (Å²) in [5.74, 6) is 4.31. The Morgan fingerprint density at radius 3 is 2.15 bits per heavy atom. The largest absolute Gasteiger partial charge is 0.494 e. The summed E-state index contributed by atoms with van der Waals surface area (Å²) in [6.07, 6.45) is 23.1. The zero-order valence-electron chi connectivity index (χ0n) is 32.6. The molecule has 0 bridgehead atoms. The summed E-state index contributed by atoms with van der Waals surface area (Å²) in [4.78, 5) is 0. The molecule has 274 valence electrons. The summed E-state index contributed by atoms with van der Waals surface area (Å²) in [7, 11) is 0. The third-order valence-corrected chi connectivity index (χ3v) is 11.9. The minimum atomic E-state index is -0.247. The number of unbranched alkanes of at least 4 members (excludes halogenated alkanes) is 2. The number of benzene rings is 3. The Hall–Kier alpha value is -4.76. The fourth-order valence-corrected chi connectivity index (χ4v) is 8.70. The van der Waals surface area contributed by atoms with Crippen LogP contribution in [0.1, 0.15) is 102 Å². The van der Waals surface area contributed by atoms with Gasteiger partial charge in [-0.1, -0.05) is 145 Å². The van der Waals surface area contributed by atoms with Crippen LogP contribution in [-0.4, -0.2) is 13.2 Å². The Bertz CT molecular complexity index is 2020. The molecule has 53 heavy (non-hydrogen) atoms. The van der Waals surface area contributed by atoms with Gasteiger partial charge in [0.2, 0.25) is 0 Å². The molecule has 4 atom stereocenters. The molecule has 7 rings (SSSR count). The van der Waals surface area contributed by atoms with Gasteiger partial charge in [0, 0.05) is 22.3 Å². The Balaban J connectivity index is 1.39. The average Bonchev–Trinajstić information content (AvgIpc) is 3.30. The van der Waals surface area contributed by atoms with E-state index in [0.29, 0.717) is 12.5 Å². The Kier molecular flexibility index (Phi) is 10.6. The van der Waals surface area contributed by atoms with Gasteiger partial charge in [-0.25, -0.2) is 0 Å². The zero-order valence-corrected chi connectivity index (χ0v) is 32.6. The van der Waals surface area contributed by atoms with Crippen LogP contribution in [0.3, 0.4) is 0 Å². The first-order valence-electron chi connectivity index (χ1n) is 19.8. The third-order valence-electron chi connectivity index (χ3n) is 11.9. The maximum absolute atomic E-state index is 7.05. The minimum absolute atomic E-state index is 0.0276. The highest BCUT2D eigenvalue weighted by Crippen LogP contribution is 2.57. The summed E-state index contributed by atoms with van der Waals surface area (Å²) in [5.41, 5.74) is 9.43. The predicted octanol–water partition coefficient (Wildman–Crippen LogP) is 13.2. The van der Waals surface area contributed by atoms with Crippen LogP contribution in [0.5, 0.6) is 5.75 Å². The fraction of sp³-hybridized carbons (Fsp3) is 0.360.